The number of carbonyl (C=O) groups excluding carboxylic acids is 1. The van der Waals surface area contributed by atoms with Crippen molar-refractivity contribution in [3.05, 3.63) is 23.8 Å². The van der Waals surface area contributed by atoms with Crippen molar-refractivity contribution in [2.75, 3.05) is 12.4 Å². The van der Waals surface area contributed by atoms with E-state index in [1.807, 2.05) is 0 Å². The average Bonchev–Trinajstić information content (AvgIpc) is 2.55. The number of carbonyl (C=O) groups is 1. The predicted octanol–water partition coefficient (Wildman–Crippen LogP) is 0.650. The highest BCUT2D eigenvalue weighted by atomic mass is 32.2. The maximum Gasteiger partial charge on any atom is 0.240 e. The second-order valence-corrected chi connectivity index (χ2v) is 5.55. The molecular formula is C10H12N2O3S. The largest absolute Gasteiger partial charge is 0.325 e. The van der Waals surface area contributed by atoms with Crippen LogP contribution >= 0.6 is 0 Å². The molecule has 0 fully saturated rings. The van der Waals surface area contributed by atoms with Gasteiger partial charge in [0.15, 0.2) is 0 Å². The van der Waals surface area contributed by atoms with Gasteiger partial charge in [-0.25, -0.2) is 13.1 Å². The molecule has 86 valence electrons. The normalized spacial score (nSPS) is 19.4. The average molecular weight is 240 g/mol. The van der Waals surface area contributed by atoms with Crippen LogP contribution in [-0.2, 0) is 14.8 Å². The van der Waals surface area contributed by atoms with Crippen molar-refractivity contribution in [2.45, 2.75) is 17.7 Å². The van der Waals surface area contributed by atoms with Gasteiger partial charge in [-0.05, 0) is 37.7 Å². The van der Waals surface area contributed by atoms with E-state index in [2.05, 4.69) is 10.0 Å². The molecule has 0 aromatic heterocycles. The van der Waals surface area contributed by atoms with E-state index in [0.29, 0.717) is 5.69 Å². The first-order valence-electron chi connectivity index (χ1n) is 4.84. The van der Waals surface area contributed by atoms with Gasteiger partial charge < -0.3 is 5.32 Å². The molecule has 6 heteroatoms. The molecule has 0 bridgehead atoms. The summed E-state index contributed by atoms with van der Waals surface area (Å²) in [5.41, 5.74) is 1.41. The van der Waals surface area contributed by atoms with Crippen molar-refractivity contribution < 1.29 is 13.2 Å². The zero-order valence-electron chi connectivity index (χ0n) is 8.94. The maximum absolute atomic E-state index is 11.6. The fourth-order valence-electron chi connectivity index (χ4n) is 1.68. The molecule has 0 unspecified atom stereocenters. The van der Waals surface area contributed by atoms with Crippen molar-refractivity contribution >= 4 is 21.6 Å². The van der Waals surface area contributed by atoms with E-state index in [9.17, 15) is 13.2 Å². The summed E-state index contributed by atoms with van der Waals surface area (Å²) in [5, 5.41) is 2.69. The van der Waals surface area contributed by atoms with Crippen LogP contribution < -0.4 is 10.0 Å². The predicted molar refractivity (Wildman–Crippen MR) is 59.7 cm³/mol. The highest BCUT2D eigenvalue weighted by Crippen LogP contribution is 2.33. The second-order valence-electron chi connectivity index (χ2n) is 3.67. The van der Waals surface area contributed by atoms with Crippen LogP contribution in [0.2, 0.25) is 0 Å². The van der Waals surface area contributed by atoms with Crippen molar-refractivity contribution in [2.24, 2.45) is 0 Å². The lowest BCUT2D eigenvalue weighted by Gasteiger charge is -2.06. The van der Waals surface area contributed by atoms with Gasteiger partial charge in [-0.2, -0.15) is 0 Å². The first-order chi connectivity index (χ1) is 7.45. The zero-order valence-corrected chi connectivity index (χ0v) is 9.76. The number of fused-ring (bicyclic) bond motifs is 1. The van der Waals surface area contributed by atoms with E-state index >= 15 is 0 Å². The Bertz CT molecular complexity index is 551. The molecule has 5 nitrogen and oxygen atoms in total. The van der Waals surface area contributed by atoms with Gasteiger partial charge in [0, 0.05) is 5.69 Å². The van der Waals surface area contributed by atoms with Crippen LogP contribution in [0, 0.1) is 0 Å². The molecule has 0 spiro atoms. The molecule has 0 saturated heterocycles. The Hall–Kier alpha value is -1.40. The van der Waals surface area contributed by atoms with Gasteiger partial charge in [0.05, 0.1) is 10.8 Å². The molecule has 2 N–H and O–H groups in total. The maximum atomic E-state index is 11.6. The van der Waals surface area contributed by atoms with Gasteiger partial charge in [-0.3, -0.25) is 4.79 Å². The SMILES string of the molecule is CNS(=O)(=O)c1ccc2c(c1)[C@@H](C)C(=O)N2. The van der Waals surface area contributed by atoms with Crippen LogP contribution in [-0.4, -0.2) is 21.4 Å². The number of anilines is 1. The van der Waals surface area contributed by atoms with Gasteiger partial charge >= 0.3 is 0 Å². The van der Waals surface area contributed by atoms with E-state index in [-0.39, 0.29) is 16.7 Å². The molecule has 2 rings (SSSR count). The standard InChI is InChI=1S/C10H12N2O3S/c1-6-8-5-7(16(14,15)11-2)3-4-9(8)12-10(6)13/h3-6,11H,1-2H3,(H,12,13)/t6-/m1/s1. The van der Waals surface area contributed by atoms with E-state index in [1.54, 1.807) is 13.0 Å². The molecule has 0 aliphatic carbocycles. The minimum absolute atomic E-state index is 0.103. The van der Waals surface area contributed by atoms with Crippen LogP contribution in [0.1, 0.15) is 18.4 Å². The third-order valence-electron chi connectivity index (χ3n) is 2.72. The smallest absolute Gasteiger partial charge is 0.240 e. The Kier molecular flexibility index (Phi) is 2.47. The Morgan fingerprint density at radius 1 is 1.38 bits per heavy atom. The lowest BCUT2D eigenvalue weighted by atomic mass is 10.0. The first-order valence-corrected chi connectivity index (χ1v) is 6.32. The molecule has 1 aromatic carbocycles. The van der Waals surface area contributed by atoms with Crippen molar-refractivity contribution in [3.63, 3.8) is 0 Å². The van der Waals surface area contributed by atoms with Crippen LogP contribution in [0.15, 0.2) is 23.1 Å². The van der Waals surface area contributed by atoms with E-state index in [4.69, 9.17) is 0 Å². The Morgan fingerprint density at radius 3 is 2.69 bits per heavy atom. The second kappa shape index (κ2) is 3.57. The summed E-state index contributed by atoms with van der Waals surface area (Å²) in [7, 11) is -2.09. The molecule has 1 aliphatic rings. The fourth-order valence-corrected chi connectivity index (χ4v) is 2.45. The number of sulfonamides is 1. The number of benzene rings is 1. The summed E-state index contributed by atoms with van der Waals surface area (Å²) >= 11 is 0. The fraction of sp³-hybridized carbons (Fsp3) is 0.300. The van der Waals surface area contributed by atoms with Crippen LogP contribution in [0.25, 0.3) is 0 Å². The van der Waals surface area contributed by atoms with Crippen molar-refractivity contribution in [1.29, 1.82) is 0 Å². The van der Waals surface area contributed by atoms with Crippen molar-refractivity contribution in [3.8, 4) is 0 Å². The highest BCUT2D eigenvalue weighted by Gasteiger charge is 2.27. The number of amides is 1. The minimum atomic E-state index is -3.45. The molecular weight excluding hydrogens is 228 g/mol. The number of hydrogen-bond acceptors (Lipinski definition) is 3. The summed E-state index contributed by atoms with van der Waals surface area (Å²) in [4.78, 5) is 11.6. The third-order valence-corrected chi connectivity index (χ3v) is 4.13. The van der Waals surface area contributed by atoms with Crippen LogP contribution in [0.3, 0.4) is 0 Å². The van der Waals surface area contributed by atoms with Gasteiger partial charge in [-0.15, -0.1) is 0 Å². The summed E-state index contributed by atoms with van der Waals surface area (Å²) in [5.74, 6) is -0.406. The molecule has 1 atom stereocenters. The van der Waals surface area contributed by atoms with Crippen LogP contribution in [0.5, 0.6) is 0 Å². The number of hydrogen-bond donors (Lipinski definition) is 2. The van der Waals surface area contributed by atoms with Gasteiger partial charge in [0.2, 0.25) is 15.9 Å². The lowest BCUT2D eigenvalue weighted by molar-refractivity contribution is -0.116. The van der Waals surface area contributed by atoms with Crippen LogP contribution in [0.4, 0.5) is 5.69 Å². The first kappa shape index (κ1) is 11.1. The van der Waals surface area contributed by atoms with Gasteiger partial charge in [-0.1, -0.05) is 0 Å². The molecule has 1 amide bonds. The van der Waals surface area contributed by atoms with E-state index < -0.39 is 10.0 Å². The molecule has 1 aliphatic heterocycles. The number of nitrogens with one attached hydrogen (secondary N) is 2. The zero-order chi connectivity index (χ0) is 11.9. The van der Waals surface area contributed by atoms with Gasteiger partial charge in [0.1, 0.15) is 0 Å². The lowest BCUT2D eigenvalue weighted by Crippen LogP contribution is -2.18. The summed E-state index contributed by atoms with van der Waals surface area (Å²) < 4.78 is 25.4. The van der Waals surface area contributed by atoms with E-state index in [0.717, 1.165) is 5.56 Å². The van der Waals surface area contributed by atoms with E-state index in [1.165, 1.54) is 19.2 Å². The minimum Gasteiger partial charge on any atom is -0.325 e. The molecule has 1 heterocycles. The molecule has 0 radical (unpaired) electrons. The summed E-state index contributed by atoms with van der Waals surface area (Å²) in [6, 6.07) is 4.62. The Labute approximate surface area is 93.9 Å². The summed E-state index contributed by atoms with van der Waals surface area (Å²) in [6.45, 7) is 1.75. The molecule has 1 aromatic rings. The molecule has 0 saturated carbocycles. The summed E-state index contributed by atoms with van der Waals surface area (Å²) in [6.07, 6.45) is 0. The molecule has 16 heavy (non-hydrogen) atoms. The quantitative estimate of drug-likeness (QED) is 0.797. The highest BCUT2D eigenvalue weighted by molar-refractivity contribution is 7.89. The number of rotatable bonds is 2. The van der Waals surface area contributed by atoms with Gasteiger partial charge in [0.25, 0.3) is 0 Å². The topological polar surface area (TPSA) is 75.3 Å². The Morgan fingerprint density at radius 2 is 2.06 bits per heavy atom. The Balaban J connectivity index is 2.54. The monoisotopic (exact) mass is 240 g/mol. The third kappa shape index (κ3) is 1.60. The van der Waals surface area contributed by atoms with Crippen molar-refractivity contribution in [1.82, 2.24) is 4.72 Å².